The minimum Gasteiger partial charge on any atom is -0.311 e. The molecule has 1 aliphatic heterocycles. The van der Waals surface area contributed by atoms with Crippen LogP contribution in [0.4, 0.5) is 0 Å². The van der Waals surface area contributed by atoms with Gasteiger partial charge in [-0.2, -0.15) is 0 Å². The highest BCUT2D eigenvalue weighted by atomic mass is 15.1. The molecule has 2 atom stereocenters. The van der Waals surface area contributed by atoms with Crippen LogP contribution >= 0.6 is 0 Å². The van der Waals surface area contributed by atoms with E-state index in [0.717, 1.165) is 5.92 Å². The first-order valence-corrected chi connectivity index (χ1v) is 3.08. The van der Waals surface area contributed by atoms with E-state index in [4.69, 9.17) is 0 Å². The van der Waals surface area contributed by atoms with E-state index in [0.29, 0.717) is 5.54 Å². The van der Waals surface area contributed by atoms with Crippen LogP contribution in [-0.2, 0) is 0 Å². The Morgan fingerprint density at radius 3 is 2.29 bits per heavy atom. The van der Waals surface area contributed by atoms with E-state index in [1.165, 1.54) is 19.4 Å². The smallest absolute Gasteiger partial charge is 0.0223 e. The number of hydrogen-bond donors (Lipinski definition) is 1. The molecule has 0 aromatic heterocycles. The zero-order valence-corrected chi connectivity index (χ0v) is 4.70. The molecule has 2 rings (SSSR count). The summed E-state index contributed by atoms with van der Waals surface area (Å²) in [5.41, 5.74) is 0.681. The largest absolute Gasteiger partial charge is 0.311 e. The molecule has 1 N–H and O–H groups in total. The fourth-order valence-electron chi connectivity index (χ4n) is 1.53. The van der Waals surface area contributed by atoms with Gasteiger partial charge in [-0.3, -0.25) is 0 Å². The SMILES string of the molecule is C[C@H]1CC12CCN2. The first-order valence-electron chi connectivity index (χ1n) is 3.08. The molecular weight excluding hydrogens is 86.1 g/mol. The molecule has 0 radical (unpaired) electrons. The summed E-state index contributed by atoms with van der Waals surface area (Å²) in [6.07, 6.45) is 2.88. The second kappa shape index (κ2) is 0.873. The Bertz CT molecular complexity index is 88.8. The molecule has 1 saturated carbocycles. The van der Waals surface area contributed by atoms with Crippen LogP contribution in [0.25, 0.3) is 0 Å². The molecule has 1 spiro atoms. The average Bonchev–Trinajstić information content (AvgIpc) is 2.10. The van der Waals surface area contributed by atoms with Crippen LogP contribution in [0.2, 0.25) is 0 Å². The quantitative estimate of drug-likeness (QED) is 0.470. The maximum Gasteiger partial charge on any atom is 0.0223 e. The second-order valence-electron chi connectivity index (χ2n) is 2.94. The lowest BCUT2D eigenvalue weighted by atomic mass is 10.0. The van der Waals surface area contributed by atoms with Gasteiger partial charge in [0.15, 0.2) is 0 Å². The molecule has 1 nitrogen and oxygen atoms in total. The lowest BCUT2D eigenvalue weighted by molar-refractivity contribution is 0.326. The fraction of sp³-hybridized carbons (Fsp3) is 1.00. The second-order valence-corrected chi connectivity index (χ2v) is 2.94. The summed E-state index contributed by atoms with van der Waals surface area (Å²) in [5, 5.41) is 3.45. The summed E-state index contributed by atoms with van der Waals surface area (Å²) in [4.78, 5) is 0. The van der Waals surface area contributed by atoms with Crippen LogP contribution in [0, 0.1) is 5.92 Å². The third-order valence-electron chi connectivity index (χ3n) is 2.50. The van der Waals surface area contributed by atoms with Gasteiger partial charge in [-0.15, -0.1) is 0 Å². The van der Waals surface area contributed by atoms with Crippen molar-refractivity contribution in [2.75, 3.05) is 6.54 Å². The first-order chi connectivity index (χ1) is 3.33. The Balaban J connectivity index is 2.05. The molecule has 1 saturated heterocycles. The van der Waals surface area contributed by atoms with Crippen molar-refractivity contribution in [3.8, 4) is 0 Å². The van der Waals surface area contributed by atoms with Crippen LogP contribution in [0.1, 0.15) is 19.8 Å². The van der Waals surface area contributed by atoms with Gasteiger partial charge in [0.25, 0.3) is 0 Å². The maximum absolute atomic E-state index is 3.45. The van der Waals surface area contributed by atoms with E-state index in [1.54, 1.807) is 0 Å². The Morgan fingerprint density at radius 2 is 2.29 bits per heavy atom. The molecule has 1 unspecified atom stereocenters. The zero-order valence-electron chi connectivity index (χ0n) is 4.70. The molecule has 1 heterocycles. The molecule has 1 aliphatic carbocycles. The minimum absolute atomic E-state index is 0.681. The number of nitrogens with one attached hydrogen (secondary N) is 1. The van der Waals surface area contributed by atoms with E-state index in [2.05, 4.69) is 12.2 Å². The summed E-state index contributed by atoms with van der Waals surface area (Å²) in [7, 11) is 0. The van der Waals surface area contributed by atoms with Crippen LogP contribution in [-0.4, -0.2) is 12.1 Å². The van der Waals surface area contributed by atoms with E-state index in [1.807, 2.05) is 0 Å². The Hall–Kier alpha value is -0.0400. The molecule has 0 bridgehead atoms. The van der Waals surface area contributed by atoms with Crippen LogP contribution < -0.4 is 5.32 Å². The van der Waals surface area contributed by atoms with E-state index in [9.17, 15) is 0 Å². The van der Waals surface area contributed by atoms with Crippen molar-refractivity contribution in [1.29, 1.82) is 0 Å². The van der Waals surface area contributed by atoms with Gasteiger partial charge >= 0.3 is 0 Å². The molecule has 7 heavy (non-hydrogen) atoms. The van der Waals surface area contributed by atoms with Gasteiger partial charge in [-0.05, 0) is 25.3 Å². The molecule has 2 aliphatic rings. The van der Waals surface area contributed by atoms with E-state index < -0.39 is 0 Å². The van der Waals surface area contributed by atoms with Gasteiger partial charge in [-0.25, -0.2) is 0 Å². The Kier molecular flexibility index (Phi) is 0.487. The zero-order chi connectivity index (χ0) is 4.91. The summed E-state index contributed by atoms with van der Waals surface area (Å²) in [6, 6.07) is 0. The molecule has 0 amide bonds. The lowest BCUT2D eigenvalue weighted by Gasteiger charge is -2.28. The highest BCUT2D eigenvalue weighted by molar-refractivity contribution is 5.13. The molecule has 2 fully saturated rings. The maximum atomic E-state index is 3.45. The summed E-state index contributed by atoms with van der Waals surface area (Å²) in [6.45, 7) is 3.59. The van der Waals surface area contributed by atoms with Crippen molar-refractivity contribution in [2.24, 2.45) is 5.92 Å². The molecule has 0 aromatic rings. The Labute approximate surface area is 44.1 Å². The van der Waals surface area contributed by atoms with E-state index in [-0.39, 0.29) is 0 Å². The summed E-state index contributed by atoms with van der Waals surface area (Å²) < 4.78 is 0. The van der Waals surface area contributed by atoms with Gasteiger partial charge in [0, 0.05) is 5.54 Å². The number of hydrogen-bond acceptors (Lipinski definition) is 1. The first kappa shape index (κ1) is 3.90. The van der Waals surface area contributed by atoms with Gasteiger partial charge in [0.05, 0.1) is 0 Å². The van der Waals surface area contributed by atoms with Crippen molar-refractivity contribution in [3.63, 3.8) is 0 Å². The molecule has 1 heteroatoms. The van der Waals surface area contributed by atoms with Gasteiger partial charge < -0.3 is 5.32 Å². The third kappa shape index (κ3) is 0.325. The number of rotatable bonds is 0. The fourth-order valence-corrected chi connectivity index (χ4v) is 1.53. The van der Waals surface area contributed by atoms with Crippen molar-refractivity contribution < 1.29 is 0 Å². The predicted molar refractivity (Wildman–Crippen MR) is 29.1 cm³/mol. The molecule has 0 aromatic carbocycles. The average molecular weight is 97.2 g/mol. The summed E-state index contributed by atoms with van der Waals surface area (Å²) >= 11 is 0. The normalized spacial score (nSPS) is 57.0. The topological polar surface area (TPSA) is 12.0 Å². The predicted octanol–water partition coefficient (Wildman–Crippen LogP) is 0.758. The summed E-state index contributed by atoms with van der Waals surface area (Å²) in [5.74, 6) is 0.987. The van der Waals surface area contributed by atoms with Crippen LogP contribution in [0.15, 0.2) is 0 Å². The minimum atomic E-state index is 0.681. The van der Waals surface area contributed by atoms with Crippen molar-refractivity contribution in [2.45, 2.75) is 25.3 Å². The van der Waals surface area contributed by atoms with Gasteiger partial charge in [0.1, 0.15) is 0 Å². The third-order valence-corrected chi connectivity index (χ3v) is 2.50. The van der Waals surface area contributed by atoms with Gasteiger partial charge in [-0.1, -0.05) is 6.92 Å². The van der Waals surface area contributed by atoms with E-state index >= 15 is 0 Å². The highest BCUT2D eigenvalue weighted by Crippen LogP contribution is 2.49. The van der Waals surface area contributed by atoms with Crippen molar-refractivity contribution >= 4 is 0 Å². The molecule has 40 valence electrons. The van der Waals surface area contributed by atoms with Crippen molar-refractivity contribution in [1.82, 2.24) is 5.32 Å². The standard InChI is InChI=1S/C6H11N/c1-5-4-6(5)2-3-7-6/h5,7H,2-4H2,1H3/t5-,6?/m0/s1. The molecular formula is C6H11N. The van der Waals surface area contributed by atoms with Crippen LogP contribution in [0.5, 0.6) is 0 Å². The van der Waals surface area contributed by atoms with Gasteiger partial charge in [0.2, 0.25) is 0 Å². The monoisotopic (exact) mass is 97.1 g/mol. The van der Waals surface area contributed by atoms with Crippen molar-refractivity contribution in [3.05, 3.63) is 0 Å². The highest BCUT2D eigenvalue weighted by Gasteiger charge is 2.54. The van der Waals surface area contributed by atoms with Crippen LogP contribution in [0.3, 0.4) is 0 Å². The Morgan fingerprint density at radius 1 is 1.71 bits per heavy atom. The lowest BCUT2D eigenvalue weighted by Crippen LogP contribution is -2.46.